The number of hydrogen-bond acceptors (Lipinski definition) is 2. The molecule has 2 rings (SSSR count). The monoisotopic (exact) mass is 252 g/mol. The predicted octanol–water partition coefficient (Wildman–Crippen LogP) is 4.28. The number of halogens is 1. The predicted molar refractivity (Wildman–Crippen MR) is 73.6 cm³/mol. The van der Waals surface area contributed by atoms with Crippen LogP contribution in [0.2, 0.25) is 5.15 Å². The molecule has 0 aliphatic heterocycles. The van der Waals surface area contributed by atoms with E-state index >= 15 is 0 Å². The highest BCUT2D eigenvalue weighted by Gasteiger charge is 2.26. The third kappa shape index (κ3) is 2.92. The average Bonchev–Trinajstić information content (AvgIpc) is 2.28. The summed E-state index contributed by atoms with van der Waals surface area (Å²) in [7, 11) is 0. The first kappa shape index (κ1) is 12.7. The lowest BCUT2D eigenvalue weighted by atomic mass is 9.80. The standard InChI is InChI=1S/C14H21ClN2/c1-9-4-5-10(2)12(8-9)17-13-11(3)6-7-16-14(13)15/h6-7,9-10,12,17H,4-5,8H2,1-3H3. The lowest BCUT2D eigenvalue weighted by Gasteiger charge is -2.34. The molecule has 1 aliphatic carbocycles. The van der Waals surface area contributed by atoms with Gasteiger partial charge in [0.25, 0.3) is 0 Å². The maximum atomic E-state index is 6.16. The number of pyridine rings is 1. The molecule has 3 unspecified atom stereocenters. The van der Waals surface area contributed by atoms with E-state index in [4.69, 9.17) is 11.6 Å². The molecule has 3 atom stereocenters. The molecule has 1 aliphatic rings. The summed E-state index contributed by atoms with van der Waals surface area (Å²) in [6.07, 6.45) is 5.64. The Bertz CT molecular complexity index is 372. The normalized spacial score (nSPS) is 29.1. The number of hydrogen-bond donors (Lipinski definition) is 1. The summed E-state index contributed by atoms with van der Waals surface area (Å²) >= 11 is 6.16. The van der Waals surface area contributed by atoms with Crippen LogP contribution < -0.4 is 5.32 Å². The highest BCUT2D eigenvalue weighted by molar-refractivity contribution is 6.32. The van der Waals surface area contributed by atoms with Crippen molar-refractivity contribution in [2.24, 2.45) is 11.8 Å². The van der Waals surface area contributed by atoms with Gasteiger partial charge in [-0.25, -0.2) is 4.98 Å². The number of aromatic nitrogens is 1. The van der Waals surface area contributed by atoms with Crippen LogP contribution in [0.15, 0.2) is 12.3 Å². The Hall–Kier alpha value is -0.760. The molecule has 0 spiro atoms. The molecule has 0 amide bonds. The quantitative estimate of drug-likeness (QED) is 0.795. The van der Waals surface area contributed by atoms with E-state index in [2.05, 4.69) is 31.1 Å². The molecule has 1 N–H and O–H groups in total. The van der Waals surface area contributed by atoms with Crippen molar-refractivity contribution in [1.82, 2.24) is 4.98 Å². The van der Waals surface area contributed by atoms with Gasteiger partial charge < -0.3 is 5.32 Å². The van der Waals surface area contributed by atoms with Crippen LogP contribution in [-0.4, -0.2) is 11.0 Å². The Kier molecular flexibility index (Phi) is 3.93. The molecule has 17 heavy (non-hydrogen) atoms. The first-order valence-electron chi connectivity index (χ1n) is 6.45. The third-order valence-electron chi connectivity index (χ3n) is 3.90. The second kappa shape index (κ2) is 5.26. The van der Waals surface area contributed by atoms with Crippen molar-refractivity contribution >= 4 is 17.3 Å². The summed E-state index contributed by atoms with van der Waals surface area (Å²) in [4.78, 5) is 4.15. The first-order valence-corrected chi connectivity index (χ1v) is 6.83. The van der Waals surface area contributed by atoms with Crippen LogP contribution >= 0.6 is 11.6 Å². The van der Waals surface area contributed by atoms with Crippen LogP contribution in [0.3, 0.4) is 0 Å². The molecule has 0 saturated heterocycles. The van der Waals surface area contributed by atoms with Crippen LogP contribution in [0, 0.1) is 18.8 Å². The van der Waals surface area contributed by atoms with Gasteiger partial charge in [0.05, 0.1) is 5.69 Å². The van der Waals surface area contributed by atoms with Gasteiger partial charge >= 0.3 is 0 Å². The zero-order valence-electron chi connectivity index (χ0n) is 10.8. The minimum atomic E-state index is 0.527. The number of anilines is 1. The number of rotatable bonds is 2. The van der Waals surface area contributed by atoms with Crippen molar-refractivity contribution in [3.63, 3.8) is 0 Å². The third-order valence-corrected chi connectivity index (χ3v) is 4.19. The number of aryl methyl sites for hydroxylation is 1. The zero-order chi connectivity index (χ0) is 12.4. The molecule has 1 aromatic heterocycles. The minimum absolute atomic E-state index is 0.527. The van der Waals surface area contributed by atoms with E-state index in [0.717, 1.165) is 11.6 Å². The van der Waals surface area contributed by atoms with E-state index in [0.29, 0.717) is 17.1 Å². The van der Waals surface area contributed by atoms with Crippen LogP contribution in [0.1, 0.15) is 38.7 Å². The van der Waals surface area contributed by atoms with Gasteiger partial charge in [0.1, 0.15) is 0 Å². The van der Waals surface area contributed by atoms with E-state index in [1.807, 2.05) is 6.07 Å². The SMILES string of the molecule is Cc1ccnc(Cl)c1NC1CC(C)CCC1C. The number of nitrogens with zero attached hydrogens (tertiary/aromatic N) is 1. The molecular formula is C14H21ClN2. The van der Waals surface area contributed by atoms with Gasteiger partial charge in [-0.2, -0.15) is 0 Å². The molecule has 0 aromatic carbocycles. The largest absolute Gasteiger partial charge is 0.379 e. The zero-order valence-corrected chi connectivity index (χ0v) is 11.6. The van der Waals surface area contributed by atoms with E-state index in [1.54, 1.807) is 6.20 Å². The Morgan fingerprint density at radius 3 is 2.82 bits per heavy atom. The van der Waals surface area contributed by atoms with Crippen molar-refractivity contribution in [3.8, 4) is 0 Å². The van der Waals surface area contributed by atoms with Gasteiger partial charge in [-0.05, 0) is 43.2 Å². The van der Waals surface area contributed by atoms with E-state index < -0.39 is 0 Å². The molecule has 1 saturated carbocycles. The van der Waals surface area contributed by atoms with E-state index in [-0.39, 0.29) is 0 Å². The smallest absolute Gasteiger partial charge is 0.152 e. The second-order valence-electron chi connectivity index (χ2n) is 5.44. The van der Waals surface area contributed by atoms with Crippen molar-refractivity contribution in [3.05, 3.63) is 23.0 Å². The number of nitrogens with one attached hydrogen (secondary N) is 1. The van der Waals surface area contributed by atoms with Crippen molar-refractivity contribution in [2.75, 3.05) is 5.32 Å². The molecule has 1 fully saturated rings. The fourth-order valence-electron chi connectivity index (χ4n) is 2.62. The highest BCUT2D eigenvalue weighted by atomic mass is 35.5. The molecule has 2 nitrogen and oxygen atoms in total. The van der Waals surface area contributed by atoms with Crippen LogP contribution in [0.25, 0.3) is 0 Å². The maximum Gasteiger partial charge on any atom is 0.152 e. The molecule has 1 heterocycles. The lowest BCUT2D eigenvalue weighted by molar-refractivity contribution is 0.280. The molecular weight excluding hydrogens is 232 g/mol. The fourth-order valence-corrected chi connectivity index (χ4v) is 2.88. The van der Waals surface area contributed by atoms with Crippen LogP contribution in [0.5, 0.6) is 0 Å². The Morgan fingerprint density at radius 1 is 1.35 bits per heavy atom. The van der Waals surface area contributed by atoms with Gasteiger partial charge in [-0.15, -0.1) is 0 Å². The van der Waals surface area contributed by atoms with Gasteiger partial charge in [0.15, 0.2) is 5.15 Å². The minimum Gasteiger partial charge on any atom is -0.379 e. The van der Waals surface area contributed by atoms with E-state index in [9.17, 15) is 0 Å². The maximum absolute atomic E-state index is 6.16. The van der Waals surface area contributed by atoms with E-state index in [1.165, 1.54) is 24.8 Å². The summed E-state index contributed by atoms with van der Waals surface area (Å²) in [5, 5.41) is 4.20. The molecule has 1 aromatic rings. The summed E-state index contributed by atoms with van der Waals surface area (Å²) in [6, 6.07) is 2.53. The lowest BCUT2D eigenvalue weighted by Crippen LogP contribution is -2.33. The Labute approximate surface area is 109 Å². The van der Waals surface area contributed by atoms with Gasteiger partial charge in [-0.3, -0.25) is 0 Å². The summed E-state index contributed by atoms with van der Waals surface area (Å²) in [5.41, 5.74) is 2.19. The van der Waals surface area contributed by atoms with Crippen molar-refractivity contribution < 1.29 is 0 Å². The Morgan fingerprint density at radius 2 is 2.12 bits per heavy atom. The van der Waals surface area contributed by atoms with Crippen molar-refractivity contribution in [1.29, 1.82) is 0 Å². The summed E-state index contributed by atoms with van der Waals surface area (Å²) in [5.74, 6) is 1.52. The Balaban J connectivity index is 2.14. The van der Waals surface area contributed by atoms with Gasteiger partial charge in [0, 0.05) is 12.2 Å². The second-order valence-corrected chi connectivity index (χ2v) is 5.80. The molecule has 0 radical (unpaired) electrons. The highest BCUT2D eigenvalue weighted by Crippen LogP contribution is 2.33. The summed E-state index contributed by atoms with van der Waals surface area (Å²) < 4.78 is 0. The topological polar surface area (TPSA) is 24.9 Å². The van der Waals surface area contributed by atoms with Crippen LogP contribution in [-0.2, 0) is 0 Å². The first-order chi connectivity index (χ1) is 8.08. The van der Waals surface area contributed by atoms with Crippen molar-refractivity contribution in [2.45, 2.75) is 46.1 Å². The molecule has 0 bridgehead atoms. The van der Waals surface area contributed by atoms with Gasteiger partial charge in [-0.1, -0.05) is 31.9 Å². The fraction of sp³-hybridized carbons (Fsp3) is 0.643. The van der Waals surface area contributed by atoms with Crippen LogP contribution in [0.4, 0.5) is 5.69 Å². The average molecular weight is 253 g/mol. The molecule has 3 heteroatoms. The summed E-state index contributed by atoms with van der Waals surface area (Å²) in [6.45, 7) is 6.73. The van der Waals surface area contributed by atoms with Gasteiger partial charge in [0.2, 0.25) is 0 Å². The molecule has 94 valence electrons.